The number of hydrogen-bond donors (Lipinski definition) is 0. The van der Waals surface area contributed by atoms with E-state index < -0.39 is 0 Å². The highest BCUT2D eigenvalue weighted by Gasteiger charge is 2.50. The summed E-state index contributed by atoms with van der Waals surface area (Å²) in [5, 5.41) is 1.74. The molecule has 0 amide bonds. The first-order chi connectivity index (χ1) is 10.8. The van der Waals surface area contributed by atoms with Crippen LogP contribution in [0, 0.1) is 17.3 Å². The largest absolute Gasteiger partial charge is 0.459 e. The first kappa shape index (κ1) is 18.3. The quantitative estimate of drug-likeness (QED) is 0.561. The maximum atomic E-state index is 12.4. The summed E-state index contributed by atoms with van der Waals surface area (Å²) >= 11 is 1.48. The van der Waals surface area contributed by atoms with Gasteiger partial charge in [-0.1, -0.05) is 19.4 Å². The minimum atomic E-state index is -0.271. The van der Waals surface area contributed by atoms with Gasteiger partial charge < -0.3 is 4.74 Å². The van der Waals surface area contributed by atoms with Crippen molar-refractivity contribution in [2.24, 2.45) is 17.3 Å². The number of thioether (sulfide) groups is 1. The van der Waals surface area contributed by atoms with Gasteiger partial charge in [-0.25, -0.2) is 4.79 Å². The summed E-state index contributed by atoms with van der Waals surface area (Å²) in [7, 11) is 0. The molecule has 2 aliphatic rings. The minimum Gasteiger partial charge on any atom is -0.459 e. The molecule has 2 rings (SSSR count). The van der Waals surface area contributed by atoms with E-state index in [0.717, 1.165) is 30.4 Å². The van der Waals surface area contributed by atoms with E-state index in [4.69, 9.17) is 4.74 Å². The number of ether oxygens (including phenoxy) is 1. The Labute approximate surface area is 143 Å². The van der Waals surface area contributed by atoms with Crippen LogP contribution in [-0.4, -0.2) is 24.1 Å². The zero-order valence-electron chi connectivity index (χ0n) is 14.8. The second-order valence-corrected chi connectivity index (χ2v) is 8.20. The van der Waals surface area contributed by atoms with Gasteiger partial charge in [-0.3, -0.25) is 4.79 Å². The van der Waals surface area contributed by atoms with Gasteiger partial charge in [-0.15, -0.1) is 11.8 Å². The molecule has 128 valence electrons. The predicted octanol–water partition coefficient (Wildman–Crippen LogP) is 4.53. The smallest absolute Gasteiger partial charge is 0.331 e. The summed E-state index contributed by atoms with van der Waals surface area (Å²) in [5.41, 5.74) is 2.31. The fraction of sp³-hybridized carbons (Fsp3) is 0.684. The van der Waals surface area contributed by atoms with Crippen LogP contribution in [0.2, 0.25) is 0 Å². The maximum Gasteiger partial charge on any atom is 0.331 e. The Morgan fingerprint density at radius 2 is 2.04 bits per heavy atom. The van der Waals surface area contributed by atoms with Crippen molar-refractivity contribution in [2.45, 2.75) is 59.5 Å². The lowest BCUT2D eigenvalue weighted by molar-refractivity contribution is -0.151. The molecule has 0 N–H and O–H groups in total. The first-order valence-corrected chi connectivity index (χ1v) is 9.66. The van der Waals surface area contributed by atoms with Crippen LogP contribution in [0.1, 0.15) is 53.4 Å². The summed E-state index contributed by atoms with van der Waals surface area (Å²) in [4.78, 5) is 24.3. The van der Waals surface area contributed by atoms with Crippen LogP contribution in [0.5, 0.6) is 0 Å². The number of carbonyl (C=O) groups excluding carboxylic acids is 2. The molecule has 4 heteroatoms. The van der Waals surface area contributed by atoms with Gasteiger partial charge in [0.2, 0.25) is 0 Å². The molecule has 0 aromatic rings. The highest BCUT2D eigenvalue weighted by atomic mass is 32.2. The Morgan fingerprint density at radius 1 is 1.35 bits per heavy atom. The lowest BCUT2D eigenvalue weighted by Gasteiger charge is -2.51. The van der Waals surface area contributed by atoms with E-state index >= 15 is 0 Å². The van der Waals surface area contributed by atoms with Crippen molar-refractivity contribution in [2.75, 3.05) is 6.26 Å². The van der Waals surface area contributed by atoms with Gasteiger partial charge in [0, 0.05) is 12.5 Å². The van der Waals surface area contributed by atoms with Crippen LogP contribution >= 0.6 is 11.8 Å². The lowest BCUT2D eigenvalue weighted by Crippen LogP contribution is -2.47. The molecular weight excluding hydrogens is 308 g/mol. The Balaban J connectivity index is 2.12. The zero-order chi connectivity index (χ0) is 17.2. The predicted molar refractivity (Wildman–Crippen MR) is 95.1 cm³/mol. The monoisotopic (exact) mass is 336 g/mol. The summed E-state index contributed by atoms with van der Waals surface area (Å²) in [6, 6.07) is 0. The van der Waals surface area contributed by atoms with E-state index in [-0.39, 0.29) is 23.3 Å². The molecule has 0 heterocycles. The van der Waals surface area contributed by atoms with Crippen molar-refractivity contribution in [3.8, 4) is 0 Å². The molecule has 4 atom stereocenters. The van der Waals surface area contributed by atoms with E-state index in [9.17, 15) is 9.59 Å². The maximum absolute atomic E-state index is 12.4. The van der Waals surface area contributed by atoms with Crippen molar-refractivity contribution in [1.29, 1.82) is 0 Å². The van der Waals surface area contributed by atoms with E-state index in [1.54, 1.807) is 5.41 Å². The van der Waals surface area contributed by atoms with Crippen molar-refractivity contribution in [3.63, 3.8) is 0 Å². The number of esters is 1. The number of Topliss-reactive ketones (excluding diaryl/α,β-unsaturated/α-hetero) is 1. The van der Waals surface area contributed by atoms with Crippen molar-refractivity contribution < 1.29 is 14.3 Å². The number of rotatable bonds is 3. The third-order valence-electron chi connectivity index (χ3n) is 5.77. The number of fused-ring (bicyclic) bond motifs is 1. The number of carbonyl (C=O) groups is 2. The second-order valence-electron chi connectivity index (χ2n) is 7.46. The Morgan fingerprint density at radius 3 is 2.65 bits per heavy atom. The molecule has 0 aliphatic heterocycles. The molecule has 0 saturated heterocycles. The summed E-state index contributed by atoms with van der Waals surface area (Å²) in [5.74, 6) is 0.761. The molecule has 0 unspecified atom stereocenters. The zero-order valence-corrected chi connectivity index (χ0v) is 15.7. The third-order valence-corrected chi connectivity index (χ3v) is 6.18. The fourth-order valence-electron chi connectivity index (χ4n) is 4.09. The van der Waals surface area contributed by atoms with E-state index in [1.807, 2.05) is 20.1 Å². The van der Waals surface area contributed by atoms with E-state index in [0.29, 0.717) is 18.3 Å². The van der Waals surface area contributed by atoms with Crippen molar-refractivity contribution >= 4 is 23.5 Å². The van der Waals surface area contributed by atoms with Crippen molar-refractivity contribution in [3.05, 3.63) is 22.6 Å². The molecule has 0 bridgehead atoms. The molecule has 2 aliphatic carbocycles. The molecule has 0 aromatic carbocycles. The Kier molecular flexibility index (Phi) is 5.77. The standard InChI is InChI=1S/C19H28O3S/c1-12(2)16-11-19(4)13(3)8-15(9-14(19)10-17(16)20)22-18(21)6-7-23-5/h6-7,13-15H,8-11H2,1-5H3/b7-6-/t13-,14+,15-,19+/m0/s1. The van der Waals surface area contributed by atoms with Gasteiger partial charge >= 0.3 is 5.97 Å². The van der Waals surface area contributed by atoms with E-state index in [1.165, 1.54) is 17.8 Å². The fourth-order valence-corrected chi connectivity index (χ4v) is 4.34. The normalized spacial score (nSPS) is 34.4. The number of ketones is 1. The van der Waals surface area contributed by atoms with Gasteiger partial charge in [0.1, 0.15) is 6.10 Å². The average molecular weight is 336 g/mol. The minimum absolute atomic E-state index is 0.0665. The first-order valence-electron chi connectivity index (χ1n) is 8.37. The van der Waals surface area contributed by atoms with Crippen molar-refractivity contribution in [1.82, 2.24) is 0 Å². The molecular formula is C19H28O3S. The van der Waals surface area contributed by atoms with Crippen LogP contribution in [-0.2, 0) is 14.3 Å². The van der Waals surface area contributed by atoms with Gasteiger partial charge in [0.25, 0.3) is 0 Å². The van der Waals surface area contributed by atoms with Gasteiger partial charge in [0.05, 0.1) is 0 Å². The lowest BCUT2D eigenvalue weighted by atomic mass is 9.54. The Hall–Kier alpha value is -1.03. The molecule has 3 nitrogen and oxygen atoms in total. The highest BCUT2D eigenvalue weighted by Crippen LogP contribution is 2.54. The topological polar surface area (TPSA) is 43.4 Å². The Bertz CT molecular complexity index is 545. The summed E-state index contributed by atoms with van der Waals surface area (Å²) in [6.07, 6.45) is 6.48. The van der Waals surface area contributed by atoms with Crippen LogP contribution in [0.3, 0.4) is 0 Å². The number of allylic oxidation sites excluding steroid dienone is 2. The van der Waals surface area contributed by atoms with Gasteiger partial charge in [-0.2, -0.15) is 0 Å². The van der Waals surface area contributed by atoms with Crippen LogP contribution in [0.25, 0.3) is 0 Å². The molecule has 0 aromatic heterocycles. The SMILES string of the molecule is CS/C=C\C(=O)O[C@@H]1C[C@@H]2CC(=O)C(=C(C)C)C[C@]2(C)[C@@H](C)C1. The van der Waals surface area contributed by atoms with Crippen LogP contribution in [0.4, 0.5) is 0 Å². The molecule has 2 saturated carbocycles. The van der Waals surface area contributed by atoms with Crippen LogP contribution < -0.4 is 0 Å². The molecule has 2 fully saturated rings. The summed E-state index contributed by atoms with van der Waals surface area (Å²) < 4.78 is 5.60. The molecule has 0 spiro atoms. The van der Waals surface area contributed by atoms with E-state index in [2.05, 4.69) is 13.8 Å². The third kappa shape index (κ3) is 3.90. The van der Waals surface area contributed by atoms with Crippen LogP contribution in [0.15, 0.2) is 22.6 Å². The highest BCUT2D eigenvalue weighted by molar-refractivity contribution is 8.01. The molecule has 0 radical (unpaired) electrons. The van der Waals surface area contributed by atoms with Gasteiger partial charge in [0.15, 0.2) is 5.78 Å². The average Bonchev–Trinajstić information content (AvgIpc) is 2.47. The van der Waals surface area contributed by atoms with Gasteiger partial charge in [-0.05, 0) is 67.6 Å². The number of hydrogen-bond acceptors (Lipinski definition) is 4. The molecule has 23 heavy (non-hydrogen) atoms. The summed E-state index contributed by atoms with van der Waals surface area (Å²) in [6.45, 7) is 8.62. The second kappa shape index (κ2) is 7.25.